The molecule has 1 N–H and O–H groups in total. The Bertz CT molecular complexity index is 644. The van der Waals surface area contributed by atoms with Crippen molar-refractivity contribution in [1.82, 2.24) is 0 Å². The van der Waals surface area contributed by atoms with Gasteiger partial charge in [0.05, 0.1) is 5.02 Å². The van der Waals surface area contributed by atoms with Crippen LogP contribution in [0.5, 0.6) is 11.5 Å². The fourth-order valence-corrected chi connectivity index (χ4v) is 1.81. The molecule has 0 spiro atoms. The Kier molecular flexibility index (Phi) is 3.93. The maximum atomic E-state index is 13.5. The summed E-state index contributed by atoms with van der Waals surface area (Å²) in [4.78, 5) is 11.0. The molecule has 0 atom stereocenters. The van der Waals surface area contributed by atoms with Crippen molar-refractivity contribution in [3.8, 4) is 11.5 Å². The molecule has 2 rings (SSSR count). The van der Waals surface area contributed by atoms with Crippen LogP contribution in [0.4, 0.5) is 4.39 Å². The molecular weight excluding hydrogens is 294 g/mol. The fraction of sp³-hybridized carbons (Fsp3) is 0. The van der Waals surface area contributed by atoms with Crippen LogP contribution in [0.1, 0.15) is 10.4 Å². The average molecular weight is 301 g/mol. The second-order valence-corrected chi connectivity index (χ2v) is 4.36. The van der Waals surface area contributed by atoms with Gasteiger partial charge in [0.2, 0.25) is 0 Å². The van der Waals surface area contributed by atoms with E-state index in [0.717, 1.165) is 6.07 Å². The van der Waals surface area contributed by atoms with Crippen LogP contribution in [0.2, 0.25) is 10.0 Å². The Labute approximate surface area is 118 Å². The van der Waals surface area contributed by atoms with E-state index in [4.69, 9.17) is 33.0 Å². The maximum Gasteiger partial charge on any atom is 0.342 e. The molecule has 0 aliphatic heterocycles. The summed E-state index contributed by atoms with van der Waals surface area (Å²) in [5, 5.41) is 9.36. The third kappa shape index (κ3) is 2.80. The summed E-state index contributed by atoms with van der Waals surface area (Å²) < 4.78 is 18.8. The van der Waals surface area contributed by atoms with Crippen LogP contribution >= 0.6 is 23.2 Å². The minimum atomic E-state index is -1.42. The van der Waals surface area contributed by atoms with Crippen LogP contribution in [0, 0.1) is 5.82 Å². The van der Waals surface area contributed by atoms with E-state index in [-0.39, 0.29) is 21.5 Å². The molecule has 0 fully saturated rings. The van der Waals surface area contributed by atoms with Crippen molar-refractivity contribution in [3.05, 3.63) is 57.8 Å². The highest BCUT2D eigenvalue weighted by Crippen LogP contribution is 2.36. The summed E-state index contributed by atoms with van der Waals surface area (Å²) >= 11 is 11.7. The van der Waals surface area contributed by atoms with Gasteiger partial charge in [-0.2, -0.15) is 0 Å². The highest BCUT2D eigenvalue weighted by molar-refractivity contribution is 6.42. The van der Waals surface area contributed by atoms with Crippen LogP contribution in [0.15, 0.2) is 36.4 Å². The van der Waals surface area contributed by atoms with E-state index < -0.39 is 17.3 Å². The van der Waals surface area contributed by atoms with Crippen LogP contribution < -0.4 is 4.74 Å². The second-order valence-electron chi connectivity index (χ2n) is 3.57. The van der Waals surface area contributed by atoms with Gasteiger partial charge in [0.15, 0.2) is 0 Å². The number of hydrogen-bond acceptors (Lipinski definition) is 2. The lowest BCUT2D eigenvalue weighted by atomic mass is 10.2. The molecule has 19 heavy (non-hydrogen) atoms. The number of benzene rings is 2. The minimum Gasteiger partial charge on any atom is -0.477 e. The third-order valence-corrected chi connectivity index (χ3v) is 3.13. The summed E-state index contributed by atoms with van der Waals surface area (Å²) in [6.45, 7) is 0. The third-order valence-electron chi connectivity index (χ3n) is 2.33. The van der Waals surface area contributed by atoms with Crippen LogP contribution in [-0.4, -0.2) is 11.1 Å². The molecule has 0 bridgehead atoms. The number of carbonyl (C=O) groups is 1. The zero-order chi connectivity index (χ0) is 14.0. The lowest BCUT2D eigenvalue weighted by Gasteiger charge is -2.11. The zero-order valence-corrected chi connectivity index (χ0v) is 10.9. The van der Waals surface area contributed by atoms with E-state index in [1.54, 1.807) is 12.1 Å². The zero-order valence-electron chi connectivity index (χ0n) is 9.36. The van der Waals surface area contributed by atoms with Gasteiger partial charge in [0.25, 0.3) is 0 Å². The monoisotopic (exact) mass is 300 g/mol. The first-order valence-electron chi connectivity index (χ1n) is 5.14. The molecule has 0 amide bonds. The lowest BCUT2D eigenvalue weighted by Crippen LogP contribution is -2.03. The molecule has 0 aromatic heterocycles. The predicted octanol–water partition coefficient (Wildman–Crippen LogP) is 4.62. The van der Waals surface area contributed by atoms with E-state index in [1.165, 1.54) is 18.2 Å². The van der Waals surface area contributed by atoms with Crippen molar-refractivity contribution in [2.45, 2.75) is 0 Å². The Balaban J connectivity index is 2.47. The second kappa shape index (κ2) is 5.47. The van der Waals surface area contributed by atoms with E-state index in [9.17, 15) is 9.18 Å². The molecule has 2 aromatic rings. The molecule has 2 aromatic carbocycles. The van der Waals surface area contributed by atoms with Gasteiger partial charge in [-0.25, -0.2) is 9.18 Å². The number of hydrogen-bond donors (Lipinski definition) is 1. The van der Waals surface area contributed by atoms with E-state index in [2.05, 4.69) is 0 Å². The molecule has 98 valence electrons. The number of ether oxygens (including phenoxy) is 1. The molecule has 0 aliphatic rings. The average Bonchev–Trinajstić information content (AvgIpc) is 2.34. The Morgan fingerprint density at radius 3 is 2.42 bits per heavy atom. The molecule has 0 aliphatic carbocycles. The number of carboxylic acid groups (broad SMARTS) is 1. The van der Waals surface area contributed by atoms with Crippen LogP contribution in [-0.2, 0) is 0 Å². The highest BCUT2D eigenvalue weighted by atomic mass is 35.5. The summed E-state index contributed by atoms with van der Waals surface area (Å²) in [5.41, 5.74) is -0.557. The maximum absolute atomic E-state index is 13.5. The molecule has 0 saturated heterocycles. The first-order valence-corrected chi connectivity index (χ1v) is 5.90. The minimum absolute atomic E-state index is 0.129. The van der Waals surface area contributed by atoms with Crippen LogP contribution in [0.3, 0.4) is 0 Å². The van der Waals surface area contributed by atoms with Crippen molar-refractivity contribution in [2.24, 2.45) is 0 Å². The normalized spacial score (nSPS) is 10.3. The molecule has 0 heterocycles. The molecule has 3 nitrogen and oxygen atoms in total. The Hall–Kier alpha value is -1.78. The predicted molar refractivity (Wildman–Crippen MR) is 69.9 cm³/mol. The van der Waals surface area contributed by atoms with E-state index >= 15 is 0 Å². The number of rotatable bonds is 3. The van der Waals surface area contributed by atoms with Crippen molar-refractivity contribution in [3.63, 3.8) is 0 Å². The van der Waals surface area contributed by atoms with Gasteiger partial charge in [0, 0.05) is 0 Å². The van der Waals surface area contributed by atoms with Gasteiger partial charge in [-0.3, -0.25) is 0 Å². The Morgan fingerprint density at radius 1 is 1.11 bits per heavy atom. The molecule has 6 heteroatoms. The summed E-state index contributed by atoms with van der Waals surface area (Å²) in [6, 6.07) is 8.36. The number of carboxylic acids is 1. The lowest BCUT2D eigenvalue weighted by molar-refractivity contribution is 0.0689. The summed E-state index contributed by atoms with van der Waals surface area (Å²) in [5.74, 6) is -2.30. The standard InChI is InChI=1S/C13H7Cl2FO3/c14-7-3-1-6-10(12(7)15)19-9-5-2-4-8(16)11(9)13(17)18/h1-6H,(H,17,18). The fourth-order valence-electron chi connectivity index (χ4n) is 1.48. The van der Waals surface area contributed by atoms with Gasteiger partial charge in [-0.1, -0.05) is 35.3 Å². The van der Waals surface area contributed by atoms with Gasteiger partial charge in [-0.05, 0) is 24.3 Å². The van der Waals surface area contributed by atoms with Crippen LogP contribution in [0.25, 0.3) is 0 Å². The first kappa shape index (κ1) is 13.6. The van der Waals surface area contributed by atoms with Crippen molar-refractivity contribution >= 4 is 29.2 Å². The molecule has 0 radical (unpaired) electrons. The largest absolute Gasteiger partial charge is 0.477 e. The van der Waals surface area contributed by atoms with E-state index in [1.807, 2.05) is 0 Å². The summed E-state index contributed by atoms with van der Waals surface area (Å²) in [6.07, 6.45) is 0. The summed E-state index contributed by atoms with van der Waals surface area (Å²) in [7, 11) is 0. The van der Waals surface area contributed by atoms with Crippen molar-refractivity contribution in [2.75, 3.05) is 0 Å². The SMILES string of the molecule is O=C(O)c1c(F)cccc1Oc1cccc(Cl)c1Cl. The van der Waals surface area contributed by atoms with Gasteiger partial charge in [-0.15, -0.1) is 0 Å². The molecule has 0 saturated carbocycles. The molecule has 0 unspecified atom stereocenters. The topological polar surface area (TPSA) is 46.5 Å². The highest BCUT2D eigenvalue weighted by Gasteiger charge is 2.18. The van der Waals surface area contributed by atoms with Gasteiger partial charge in [0.1, 0.15) is 27.9 Å². The Morgan fingerprint density at radius 2 is 1.74 bits per heavy atom. The quantitative estimate of drug-likeness (QED) is 0.899. The molecular formula is C13H7Cl2FO3. The van der Waals surface area contributed by atoms with E-state index in [0.29, 0.717) is 0 Å². The smallest absolute Gasteiger partial charge is 0.342 e. The van der Waals surface area contributed by atoms with Gasteiger partial charge < -0.3 is 9.84 Å². The first-order chi connectivity index (χ1) is 9.00. The van der Waals surface area contributed by atoms with Crippen molar-refractivity contribution in [1.29, 1.82) is 0 Å². The van der Waals surface area contributed by atoms with Crippen molar-refractivity contribution < 1.29 is 19.0 Å². The number of halogens is 3. The van der Waals surface area contributed by atoms with Gasteiger partial charge >= 0.3 is 5.97 Å². The number of aromatic carboxylic acids is 1.